The van der Waals surface area contributed by atoms with Gasteiger partial charge in [-0.2, -0.15) is 0 Å². The number of hydrogen-bond donors (Lipinski definition) is 1. The van der Waals surface area contributed by atoms with Gasteiger partial charge in [0.1, 0.15) is 5.76 Å². The summed E-state index contributed by atoms with van der Waals surface area (Å²) in [7, 11) is 0. The third-order valence-electron chi connectivity index (χ3n) is 1.92. The van der Waals surface area contributed by atoms with Crippen molar-refractivity contribution in [3.63, 3.8) is 0 Å². The van der Waals surface area contributed by atoms with Crippen LogP contribution < -0.4 is 5.32 Å². The molecule has 0 aliphatic heterocycles. The quantitative estimate of drug-likeness (QED) is 0.860. The SMILES string of the molecule is CCCOC(=O)Nc1cc(C(C)(C)C)on1. The second-order valence-electron chi connectivity index (χ2n) is 4.59. The lowest BCUT2D eigenvalue weighted by atomic mass is 9.93. The molecule has 0 atom stereocenters. The van der Waals surface area contributed by atoms with E-state index in [4.69, 9.17) is 9.26 Å². The minimum atomic E-state index is -0.504. The first kappa shape index (κ1) is 12.5. The van der Waals surface area contributed by atoms with Gasteiger partial charge in [-0.3, -0.25) is 5.32 Å². The Morgan fingerprint density at radius 1 is 1.56 bits per heavy atom. The van der Waals surface area contributed by atoms with E-state index in [-0.39, 0.29) is 5.41 Å². The monoisotopic (exact) mass is 226 g/mol. The molecule has 0 bridgehead atoms. The molecule has 1 amide bonds. The normalized spacial score (nSPS) is 11.2. The maximum Gasteiger partial charge on any atom is 0.412 e. The van der Waals surface area contributed by atoms with Crippen LogP contribution in [0.4, 0.5) is 10.6 Å². The summed E-state index contributed by atoms with van der Waals surface area (Å²) in [6.07, 6.45) is 0.287. The van der Waals surface area contributed by atoms with Gasteiger partial charge in [-0.1, -0.05) is 32.9 Å². The Morgan fingerprint density at radius 2 is 2.25 bits per heavy atom. The maximum absolute atomic E-state index is 11.2. The molecule has 0 radical (unpaired) electrons. The molecule has 16 heavy (non-hydrogen) atoms. The second-order valence-corrected chi connectivity index (χ2v) is 4.59. The Kier molecular flexibility index (Phi) is 3.93. The molecule has 0 unspecified atom stereocenters. The molecule has 0 aromatic carbocycles. The standard InChI is InChI=1S/C11H18N2O3/c1-5-6-15-10(14)12-9-7-8(16-13-9)11(2,3)4/h7H,5-6H2,1-4H3,(H,12,13,14). The van der Waals surface area contributed by atoms with Crippen molar-refractivity contribution in [3.05, 3.63) is 11.8 Å². The van der Waals surface area contributed by atoms with Gasteiger partial charge >= 0.3 is 6.09 Å². The number of amides is 1. The molecule has 1 N–H and O–H groups in total. The van der Waals surface area contributed by atoms with Crippen LogP contribution in [-0.4, -0.2) is 17.9 Å². The molecule has 1 aromatic rings. The van der Waals surface area contributed by atoms with Crippen LogP contribution in [0.3, 0.4) is 0 Å². The van der Waals surface area contributed by atoms with E-state index in [0.29, 0.717) is 12.4 Å². The summed E-state index contributed by atoms with van der Waals surface area (Å²) in [4.78, 5) is 11.2. The Bertz CT molecular complexity index is 352. The summed E-state index contributed by atoms with van der Waals surface area (Å²) in [6, 6.07) is 1.70. The lowest BCUT2D eigenvalue weighted by Gasteiger charge is -2.11. The Hall–Kier alpha value is -1.52. The molecule has 0 saturated carbocycles. The average Bonchev–Trinajstić information content (AvgIpc) is 2.62. The summed E-state index contributed by atoms with van der Waals surface area (Å²) in [5.74, 6) is 1.10. The van der Waals surface area contributed by atoms with E-state index in [9.17, 15) is 4.79 Å². The number of aromatic nitrogens is 1. The van der Waals surface area contributed by atoms with E-state index in [2.05, 4.69) is 10.5 Å². The molecule has 1 aromatic heterocycles. The van der Waals surface area contributed by atoms with E-state index < -0.39 is 6.09 Å². The summed E-state index contributed by atoms with van der Waals surface area (Å²) in [5.41, 5.74) is -0.125. The minimum absolute atomic E-state index is 0.125. The minimum Gasteiger partial charge on any atom is -0.449 e. The molecule has 0 spiro atoms. The van der Waals surface area contributed by atoms with E-state index in [1.54, 1.807) is 6.07 Å². The third kappa shape index (κ3) is 3.56. The predicted molar refractivity (Wildman–Crippen MR) is 60.5 cm³/mol. The highest BCUT2D eigenvalue weighted by atomic mass is 16.5. The molecular formula is C11H18N2O3. The first-order chi connectivity index (χ1) is 7.43. The maximum atomic E-state index is 11.2. The van der Waals surface area contributed by atoms with Crippen molar-refractivity contribution in [2.24, 2.45) is 0 Å². The van der Waals surface area contributed by atoms with Crippen molar-refractivity contribution in [1.29, 1.82) is 0 Å². The van der Waals surface area contributed by atoms with Gasteiger partial charge < -0.3 is 9.26 Å². The number of anilines is 1. The summed E-state index contributed by atoms with van der Waals surface area (Å²) < 4.78 is 9.97. The van der Waals surface area contributed by atoms with Gasteiger partial charge in [0.2, 0.25) is 0 Å². The predicted octanol–water partition coefficient (Wildman–Crippen LogP) is 2.93. The highest BCUT2D eigenvalue weighted by Crippen LogP contribution is 2.24. The van der Waals surface area contributed by atoms with Crippen molar-refractivity contribution in [3.8, 4) is 0 Å². The van der Waals surface area contributed by atoms with Crippen molar-refractivity contribution >= 4 is 11.9 Å². The van der Waals surface area contributed by atoms with Gasteiger partial charge in [0, 0.05) is 11.5 Å². The molecular weight excluding hydrogens is 208 g/mol. The van der Waals surface area contributed by atoms with Crippen molar-refractivity contribution in [2.45, 2.75) is 39.5 Å². The topological polar surface area (TPSA) is 64.4 Å². The zero-order valence-corrected chi connectivity index (χ0v) is 10.2. The van der Waals surface area contributed by atoms with Gasteiger partial charge in [0.25, 0.3) is 0 Å². The first-order valence-corrected chi connectivity index (χ1v) is 5.34. The van der Waals surface area contributed by atoms with E-state index >= 15 is 0 Å². The number of nitrogens with zero attached hydrogens (tertiary/aromatic N) is 1. The molecule has 1 rings (SSSR count). The summed E-state index contributed by atoms with van der Waals surface area (Å²) in [6.45, 7) is 8.35. The number of carbonyl (C=O) groups excluding carboxylic acids is 1. The number of nitrogens with one attached hydrogen (secondary N) is 1. The second kappa shape index (κ2) is 5.01. The van der Waals surface area contributed by atoms with Crippen LogP contribution >= 0.6 is 0 Å². The fourth-order valence-electron chi connectivity index (χ4n) is 1.02. The van der Waals surface area contributed by atoms with Crippen molar-refractivity contribution in [2.75, 3.05) is 11.9 Å². The zero-order valence-electron chi connectivity index (χ0n) is 10.2. The molecule has 1 heterocycles. The fraction of sp³-hybridized carbons (Fsp3) is 0.636. The largest absolute Gasteiger partial charge is 0.449 e. The molecule has 0 aliphatic rings. The number of carbonyl (C=O) groups is 1. The Balaban J connectivity index is 2.56. The molecule has 0 saturated heterocycles. The van der Waals surface area contributed by atoms with Crippen molar-refractivity contribution < 1.29 is 14.1 Å². The highest BCUT2D eigenvalue weighted by Gasteiger charge is 2.20. The number of rotatable bonds is 3. The van der Waals surface area contributed by atoms with Crippen molar-refractivity contribution in [1.82, 2.24) is 5.16 Å². The van der Waals surface area contributed by atoms with Crippen LogP contribution in [0.1, 0.15) is 39.9 Å². The Labute approximate surface area is 95.1 Å². The molecule has 90 valence electrons. The van der Waals surface area contributed by atoms with E-state index in [0.717, 1.165) is 12.2 Å². The summed E-state index contributed by atoms with van der Waals surface area (Å²) in [5, 5.41) is 6.25. The number of ether oxygens (including phenoxy) is 1. The van der Waals surface area contributed by atoms with E-state index in [1.165, 1.54) is 0 Å². The van der Waals surface area contributed by atoms with Gasteiger partial charge in [-0.05, 0) is 6.42 Å². The Morgan fingerprint density at radius 3 is 2.75 bits per heavy atom. The van der Waals surface area contributed by atoms with E-state index in [1.807, 2.05) is 27.7 Å². The van der Waals surface area contributed by atoms with Gasteiger partial charge in [-0.15, -0.1) is 0 Å². The first-order valence-electron chi connectivity index (χ1n) is 5.34. The number of hydrogen-bond acceptors (Lipinski definition) is 4. The molecule has 0 aliphatic carbocycles. The average molecular weight is 226 g/mol. The van der Waals surface area contributed by atoms with Crippen LogP contribution in [0.5, 0.6) is 0 Å². The van der Waals surface area contributed by atoms with Crippen LogP contribution in [0.25, 0.3) is 0 Å². The van der Waals surface area contributed by atoms with Crippen LogP contribution in [0, 0.1) is 0 Å². The lowest BCUT2D eigenvalue weighted by Crippen LogP contribution is -2.14. The summed E-state index contributed by atoms with van der Waals surface area (Å²) >= 11 is 0. The third-order valence-corrected chi connectivity index (χ3v) is 1.92. The van der Waals surface area contributed by atoms with Gasteiger partial charge in [0.15, 0.2) is 5.82 Å². The smallest absolute Gasteiger partial charge is 0.412 e. The lowest BCUT2D eigenvalue weighted by molar-refractivity contribution is 0.161. The van der Waals surface area contributed by atoms with Crippen LogP contribution in [0.15, 0.2) is 10.6 Å². The van der Waals surface area contributed by atoms with Crippen LogP contribution in [-0.2, 0) is 10.2 Å². The molecule has 0 fully saturated rings. The van der Waals surface area contributed by atoms with Crippen LogP contribution in [0.2, 0.25) is 0 Å². The zero-order chi connectivity index (χ0) is 12.2. The highest BCUT2D eigenvalue weighted by molar-refractivity contribution is 5.83. The molecule has 5 nitrogen and oxygen atoms in total. The van der Waals surface area contributed by atoms with Gasteiger partial charge in [-0.25, -0.2) is 4.79 Å². The van der Waals surface area contributed by atoms with Gasteiger partial charge in [0.05, 0.1) is 6.61 Å². The molecule has 5 heteroatoms. The fourth-order valence-corrected chi connectivity index (χ4v) is 1.02.